The van der Waals surface area contributed by atoms with E-state index >= 15 is 0 Å². The second kappa shape index (κ2) is 6.97. The Morgan fingerprint density at radius 2 is 1.31 bits per heavy atom. The van der Waals surface area contributed by atoms with Gasteiger partial charge in [0.2, 0.25) is 0 Å². The van der Waals surface area contributed by atoms with Gasteiger partial charge in [0.15, 0.2) is 0 Å². The highest BCUT2D eigenvalue weighted by molar-refractivity contribution is 6.62. The van der Waals surface area contributed by atoms with Crippen molar-refractivity contribution in [3.8, 4) is 5.69 Å². The molecule has 1 aliphatic rings. The first kappa shape index (κ1) is 21.3. The van der Waals surface area contributed by atoms with Crippen LogP contribution in [0, 0.1) is 0 Å². The van der Waals surface area contributed by atoms with E-state index in [2.05, 4.69) is 120 Å². The number of fused-ring (bicyclic) bond motifs is 3. The van der Waals surface area contributed by atoms with Crippen molar-refractivity contribution in [3.05, 3.63) is 72.3 Å². The molecule has 1 fully saturated rings. The Labute approximate surface area is 191 Å². The van der Waals surface area contributed by atoms with Crippen molar-refractivity contribution in [2.24, 2.45) is 0 Å². The van der Waals surface area contributed by atoms with Crippen molar-refractivity contribution in [3.63, 3.8) is 0 Å². The Kier molecular flexibility index (Phi) is 4.64. The summed E-state index contributed by atoms with van der Waals surface area (Å²) in [5.74, 6) is 0. The van der Waals surface area contributed by atoms with Crippen molar-refractivity contribution >= 4 is 34.4 Å². The maximum atomic E-state index is 6.25. The van der Waals surface area contributed by atoms with Crippen LogP contribution in [0.3, 0.4) is 0 Å². The van der Waals surface area contributed by atoms with Gasteiger partial charge in [-0.25, -0.2) is 0 Å². The molecule has 0 amide bonds. The molecule has 0 N–H and O–H groups in total. The van der Waals surface area contributed by atoms with E-state index < -0.39 is 0 Å². The van der Waals surface area contributed by atoms with Gasteiger partial charge < -0.3 is 13.9 Å². The number of hydrogen-bond donors (Lipinski definition) is 0. The van der Waals surface area contributed by atoms with E-state index in [4.69, 9.17) is 9.31 Å². The Morgan fingerprint density at radius 3 is 1.94 bits per heavy atom. The molecule has 1 aliphatic heterocycles. The molecule has 0 unspecified atom stereocenters. The molecule has 0 spiro atoms. The first-order valence-electron chi connectivity index (χ1n) is 11.5. The molecule has 4 heteroatoms. The first-order valence-corrected chi connectivity index (χ1v) is 11.5. The van der Waals surface area contributed by atoms with Crippen molar-refractivity contribution in [2.75, 3.05) is 0 Å². The van der Waals surface area contributed by atoms with Crippen molar-refractivity contribution in [1.82, 2.24) is 4.57 Å². The van der Waals surface area contributed by atoms with E-state index in [9.17, 15) is 0 Å². The van der Waals surface area contributed by atoms with E-state index in [0.717, 1.165) is 11.2 Å². The van der Waals surface area contributed by atoms with E-state index in [0.29, 0.717) is 0 Å². The molecule has 0 saturated carbocycles. The van der Waals surface area contributed by atoms with Gasteiger partial charge in [-0.2, -0.15) is 0 Å². The summed E-state index contributed by atoms with van der Waals surface area (Å²) in [5.41, 5.74) is 5.39. The number of aromatic nitrogens is 1. The third-order valence-corrected chi connectivity index (χ3v) is 7.22. The molecule has 32 heavy (non-hydrogen) atoms. The molecule has 164 valence electrons. The first-order chi connectivity index (χ1) is 15.0. The molecule has 1 aromatic heterocycles. The topological polar surface area (TPSA) is 23.4 Å². The lowest BCUT2D eigenvalue weighted by atomic mass is 9.79. The lowest BCUT2D eigenvalue weighted by molar-refractivity contribution is 0.00578. The van der Waals surface area contributed by atoms with Crippen molar-refractivity contribution in [2.45, 2.75) is 65.1 Å². The fourth-order valence-corrected chi connectivity index (χ4v) is 4.47. The third kappa shape index (κ3) is 3.28. The SMILES string of the molecule is CC(C)(C)c1ccc2c3ccccc3n(-c3ccc(B4OC(C)(C)C(C)(C)O4)cc3)c2c1. The van der Waals surface area contributed by atoms with Crippen molar-refractivity contribution < 1.29 is 9.31 Å². The molecule has 0 bridgehead atoms. The van der Waals surface area contributed by atoms with Crippen LogP contribution in [0.5, 0.6) is 0 Å². The van der Waals surface area contributed by atoms with E-state index in [1.807, 2.05) is 0 Å². The minimum absolute atomic E-state index is 0.0933. The standard InChI is InChI=1S/C28H32BNO2/c1-26(2,3)19-12-17-23-22-10-8-9-11-24(22)30(25(23)18-19)21-15-13-20(14-16-21)29-31-27(4,5)28(6,7)32-29/h8-18H,1-7H3. The normalized spacial score (nSPS) is 18.0. The second-order valence-corrected chi connectivity index (χ2v) is 11.0. The lowest BCUT2D eigenvalue weighted by Crippen LogP contribution is -2.41. The lowest BCUT2D eigenvalue weighted by Gasteiger charge is -2.32. The summed E-state index contributed by atoms with van der Waals surface area (Å²) in [6.45, 7) is 15.2. The van der Waals surface area contributed by atoms with Gasteiger partial charge in [0.05, 0.1) is 22.2 Å². The molecule has 0 radical (unpaired) electrons. The summed E-state index contributed by atoms with van der Waals surface area (Å²) in [6.07, 6.45) is 0. The predicted molar refractivity (Wildman–Crippen MR) is 135 cm³/mol. The fraction of sp³-hybridized carbons (Fsp3) is 0.357. The highest BCUT2D eigenvalue weighted by atomic mass is 16.7. The second-order valence-electron chi connectivity index (χ2n) is 11.0. The molecule has 0 aliphatic carbocycles. The molecular weight excluding hydrogens is 393 g/mol. The highest BCUT2D eigenvalue weighted by Gasteiger charge is 2.51. The molecule has 3 aromatic carbocycles. The van der Waals surface area contributed by atoms with Crippen LogP contribution in [0.2, 0.25) is 0 Å². The minimum Gasteiger partial charge on any atom is -0.399 e. The maximum Gasteiger partial charge on any atom is 0.494 e. The Hall–Kier alpha value is -2.56. The van der Waals surface area contributed by atoms with Crippen LogP contribution in [0.4, 0.5) is 0 Å². The van der Waals surface area contributed by atoms with E-state index in [-0.39, 0.29) is 23.7 Å². The van der Waals surface area contributed by atoms with Crippen LogP contribution < -0.4 is 5.46 Å². The van der Waals surface area contributed by atoms with Gasteiger partial charge >= 0.3 is 7.12 Å². The van der Waals surface area contributed by atoms with Gasteiger partial charge in [0.25, 0.3) is 0 Å². The number of nitrogens with zero attached hydrogens (tertiary/aromatic N) is 1. The van der Waals surface area contributed by atoms with Gasteiger partial charge in [-0.1, -0.05) is 63.2 Å². The smallest absolute Gasteiger partial charge is 0.399 e. The summed E-state index contributed by atoms with van der Waals surface area (Å²) >= 11 is 0. The van der Waals surface area contributed by atoms with Crippen LogP contribution in [-0.2, 0) is 14.7 Å². The van der Waals surface area contributed by atoms with E-state index in [1.165, 1.54) is 27.4 Å². The molecule has 2 heterocycles. The third-order valence-electron chi connectivity index (χ3n) is 7.22. The van der Waals surface area contributed by atoms with E-state index in [1.54, 1.807) is 0 Å². The van der Waals surface area contributed by atoms with Crippen LogP contribution in [0.1, 0.15) is 54.0 Å². The van der Waals surface area contributed by atoms with Crippen LogP contribution >= 0.6 is 0 Å². The molecule has 3 nitrogen and oxygen atoms in total. The monoisotopic (exact) mass is 425 g/mol. The number of para-hydroxylation sites is 1. The number of rotatable bonds is 2. The van der Waals surface area contributed by atoms with Gasteiger partial charge in [-0.3, -0.25) is 0 Å². The largest absolute Gasteiger partial charge is 0.494 e. The average molecular weight is 425 g/mol. The van der Waals surface area contributed by atoms with Gasteiger partial charge in [-0.05, 0) is 68.4 Å². The zero-order valence-electron chi connectivity index (χ0n) is 20.2. The van der Waals surface area contributed by atoms with Crippen LogP contribution in [-0.4, -0.2) is 22.9 Å². The molecular formula is C28H32BNO2. The summed E-state index contributed by atoms with van der Waals surface area (Å²) in [6, 6.07) is 24.1. The Morgan fingerprint density at radius 1 is 0.719 bits per heavy atom. The van der Waals surface area contributed by atoms with Crippen molar-refractivity contribution in [1.29, 1.82) is 0 Å². The Balaban J connectivity index is 1.63. The fourth-order valence-electron chi connectivity index (χ4n) is 4.47. The predicted octanol–water partition coefficient (Wildman–Crippen LogP) is 6.38. The summed E-state index contributed by atoms with van der Waals surface area (Å²) in [7, 11) is -0.348. The van der Waals surface area contributed by atoms with Gasteiger partial charge in [0.1, 0.15) is 0 Å². The number of hydrogen-bond acceptors (Lipinski definition) is 2. The molecule has 0 atom stereocenters. The summed E-state index contributed by atoms with van der Waals surface area (Å²) < 4.78 is 14.9. The number of benzene rings is 3. The summed E-state index contributed by atoms with van der Waals surface area (Å²) in [5, 5.41) is 2.56. The van der Waals surface area contributed by atoms with Gasteiger partial charge in [0, 0.05) is 16.5 Å². The Bertz CT molecular complexity index is 1290. The zero-order valence-corrected chi connectivity index (χ0v) is 20.2. The van der Waals surface area contributed by atoms with Gasteiger partial charge in [-0.15, -0.1) is 0 Å². The quantitative estimate of drug-likeness (QED) is 0.348. The maximum absolute atomic E-state index is 6.25. The summed E-state index contributed by atoms with van der Waals surface area (Å²) in [4.78, 5) is 0. The average Bonchev–Trinajstić information content (AvgIpc) is 3.17. The highest BCUT2D eigenvalue weighted by Crippen LogP contribution is 2.37. The van der Waals surface area contributed by atoms with Crippen LogP contribution in [0.25, 0.3) is 27.5 Å². The molecule has 5 rings (SSSR count). The zero-order chi connectivity index (χ0) is 22.9. The minimum atomic E-state index is -0.348. The molecule has 4 aromatic rings. The molecule has 1 saturated heterocycles. The van der Waals surface area contributed by atoms with Crippen LogP contribution in [0.15, 0.2) is 66.7 Å².